The first-order valence-electron chi connectivity index (χ1n) is 39.0. The van der Waals surface area contributed by atoms with Crippen LogP contribution in [-0.4, -0.2) is 69.4 Å². The molecule has 0 saturated heterocycles. The number of carbonyl (C=O) groups is 2. The highest BCUT2D eigenvalue weighted by molar-refractivity contribution is 7.45. The van der Waals surface area contributed by atoms with Crippen LogP contribution in [0, 0.1) is 0 Å². The molecule has 0 aromatic heterocycles. The number of unbranched alkanes of at least 4 members (excludes halogenated alkanes) is 41. The minimum Gasteiger partial charge on any atom is -0.756 e. The molecule has 0 spiro atoms. The van der Waals surface area contributed by atoms with Crippen molar-refractivity contribution < 1.29 is 37.3 Å². The van der Waals surface area contributed by atoms with Crippen molar-refractivity contribution in [1.82, 2.24) is 5.32 Å². The monoisotopic (exact) mass is 1310 g/mol. The molecule has 534 valence electrons. The van der Waals surface area contributed by atoms with Gasteiger partial charge < -0.3 is 28.5 Å². The molecule has 3 unspecified atom stereocenters. The number of esters is 1. The topological polar surface area (TPSA) is 114 Å². The first kappa shape index (κ1) is 88.9. The van der Waals surface area contributed by atoms with Crippen molar-refractivity contribution in [3.05, 3.63) is 97.2 Å². The Morgan fingerprint density at radius 1 is 0.380 bits per heavy atom. The molecular formula is C82H149N2O7P. The van der Waals surface area contributed by atoms with Gasteiger partial charge in [0.15, 0.2) is 0 Å². The van der Waals surface area contributed by atoms with Crippen LogP contribution in [0.5, 0.6) is 0 Å². The Morgan fingerprint density at radius 2 is 0.663 bits per heavy atom. The quantitative estimate of drug-likeness (QED) is 0.0212. The van der Waals surface area contributed by atoms with Gasteiger partial charge in [0.2, 0.25) is 5.91 Å². The van der Waals surface area contributed by atoms with Gasteiger partial charge in [0.1, 0.15) is 19.3 Å². The predicted molar refractivity (Wildman–Crippen MR) is 399 cm³/mol. The predicted octanol–water partition coefficient (Wildman–Crippen LogP) is 24.8. The zero-order chi connectivity index (χ0) is 67.0. The first-order chi connectivity index (χ1) is 44.9. The van der Waals surface area contributed by atoms with Crippen molar-refractivity contribution in [2.24, 2.45) is 0 Å². The van der Waals surface area contributed by atoms with E-state index in [1.165, 1.54) is 238 Å². The molecule has 0 aromatic carbocycles. The summed E-state index contributed by atoms with van der Waals surface area (Å²) in [5.74, 6) is -0.536. The normalized spacial score (nSPS) is 13.9. The van der Waals surface area contributed by atoms with E-state index >= 15 is 0 Å². The highest BCUT2D eigenvalue weighted by Crippen LogP contribution is 2.38. The first-order valence-corrected chi connectivity index (χ1v) is 40.5. The number of nitrogens with one attached hydrogen (secondary N) is 1. The Kier molecular flexibility index (Phi) is 68.4. The van der Waals surface area contributed by atoms with Gasteiger partial charge in [-0.3, -0.25) is 14.2 Å². The zero-order valence-corrected chi connectivity index (χ0v) is 62.1. The second kappa shape index (κ2) is 70.7. The molecule has 0 aliphatic heterocycles. The van der Waals surface area contributed by atoms with Gasteiger partial charge in [-0.25, -0.2) is 0 Å². The fourth-order valence-electron chi connectivity index (χ4n) is 11.2. The number of phosphoric ester groups is 1. The molecule has 0 aliphatic rings. The van der Waals surface area contributed by atoms with Crippen LogP contribution >= 0.6 is 7.82 Å². The Bertz CT molecular complexity index is 1900. The summed E-state index contributed by atoms with van der Waals surface area (Å²) in [6.07, 6.45) is 96.8. The van der Waals surface area contributed by atoms with Gasteiger partial charge in [0.05, 0.1) is 33.8 Å². The molecular weight excluding hydrogens is 1160 g/mol. The van der Waals surface area contributed by atoms with E-state index in [0.717, 1.165) is 89.9 Å². The van der Waals surface area contributed by atoms with Crippen LogP contribution in [0.1, 0.15) is 361 Å². The van der Waals surface area contributed by atoms with E-state index in [0.29, 0.717) is 17.4 Å². The van der Waals surface area contributed by atoms with Gasteiger partial charge in [-0.05, 0) is 115 Å². The van der Waals surface area contributed by atoms with Crippen LogP contribution in [0.3, 0.4) is 0 Å². The maximum atomic E-state index is 13.6. The van der Waals surface area contributed by atoms with Crippen LogP contribution in [0.2, 0.25) is 0 Å². The number of likely N-dealkylation sites (N-methyl/N-ethyl adjacent to an activating group) is 1. The number of hydrogen-bond donors (Lipinski definition) is 1. The van der Waals surface area contributed by atoms with E-state index in [9.17, 15) is 19.0 Å². The number of nitrogens with zero attached hydrogens (tertiary/aromatic N) is 1. The van der Waals surface area contributed by atoms with E-state index < -0.39 is 26.6 Å². The van der Waals surface area contributed by atoms with Crippen LogP contribution in [0.15, 0.2) is 97.2 Å². The Labute approximate surface area is 570 Å². The SMILES string of the molecule is CCCCC/C=C\C/C=C\C/C=C\C/C=C\CCCCCCCCCCCCCC(=O)OC(/C=C/CCCCCCCCCCCC)C(COP(=O)([O-])OCC[N+](C)(C)C)NC(=O)CCCCCCCCCCCCCCCC/C=C\C/C=C\C/C=C\CCCCC. The summed E-state index contributed by atoms with van der Waals surface area (Å²) in [6, 6.07) is -0.896. The maximum absolute atomic E-state index is 13.6. The van der Waals surface area contributed by atoms with Gasteiger partial charge in [-0.2, -0.15) is 0 Å². The Balaban J connectivity index is 4.96. The average molecular weight is 1310 g/mol. The molecule has 10 heteroatoms. The molecule has 9 nitrogen and oxygen atoms in total. The smallest absolute Gasteiger partial charge is 0.306 e. The lowest BCUT2D eigenvalue weighted by Crippen LogP contribution is -2.47. The molecule has 92 heavy (non-hydrogen) atoms. The minimum atomic E-state index is -4.71. The number of carbonyl (C=O) groups excluding carboxylic acids is 2. The van der Waals surface area contributed by atoms with Gasteiger partial charge >= 0.3 is 5.97 Å². The highest BCUT2D eigenvalue weighted by atomic mass is 31.2. The number of allylic oxidation sites excluding steroid dienone is 15. The van der Waals surface area contributed by atoms with E-state index in [1.807, 2.05) is 33.3 Å². The van der Waals surface area contributed by atoms with Crippen LogP contribution in [-0.2, 0) is 27.9 Å². The standard InChI is InChI=1S/C82H149N2O7P/c1-7-10-13-16-19-22-25-28-30-32-34-36-38-40-42-44-46-48-50-52-54-56-59-62-65-68-71-74-81(85)83-79(78-90-92(87,88)89-77-76-84(4,5)6)80(73-70-67-64-61-58-27-24-21-18-15-12-9-3)91-82(86)75-72-69-66-63-60-57-55-53-51-49-47-45-43-41-39-37-35-33-31-29-26-23-20-17-14-11-8-2/h19-20,22-23,28-31,34-37,41,43,70,73,79-80H,7-18,21,24-27,32-33,38-40,42,44-69,71-72,74-78H2,1-6H3,(H-,83,85,87,88)/b22-19-,23-20-,30-28-,31-29-,36-34-,37-35-,43-41-,73-70+. The molecule has 0 heterocycles. The Morgan fingerprint density at radius 3 is 1.01 bits per heavy atom. The van der Waals surface area contributed by atoms with Gasteiger partial charge in [-0.1, -0.05) is 330 Å². The maximum Gasteiger partial charge on any atom is 0.306 e. The minimum absolute atomic E-state index is 0.0252. The van der Waals surface area contributed by atoms with Crippen molar-refractivity contribution >= 4 is 19.7 Å². The van der Waals surface area contributed by atoms with Crippen molar-refractivity contribution in [3.8, 4) is 0 Å². The summed E-state index contributed by atoms with van der Waals surface area (Å²) in [5.41, 5.74) is 0. The lowest BCUT2D eigenvalue weighted by atomic mass is 10.0. The van der Waals surface area contributed by atoms with Crippen LogP contribution in [0.4, 0.5) is 0 Å². The largest absolute Gasteiger partial charge is 0.756 e. The molecule has 0 saturated carbocycles. The second-order valence-electron chi connectivity index (χ2n) is 27.5. The number of quaternary nitrogens is 1. The average Bonchev–Trinajstić information content (AvgIpc) is 3.72. The molecule has 0 radical (unpaired) electrons. The number of amides is 1. The van der Waals surface area contributed by atoms with Crippen molar-refractivity contribution in [3.63, 3.8) is 0 Å². The number of rotatable bonds is 71. The summed E-state index contributed by atoms with van der Waals surface area (Å²) in [6.45, 7) is 6.82. The van der Waals surface area contributed by atoms with Gasteiger partial charge in [0, 0.05) is 12.8 Å². The third-order valence-corrected chi connectivity index (χ3v) is 18.2. The third-order valence-electron chi connectivity index (χ3n) is 17.2. The van der Waals surface area contributed by atoms with Gasteiger partial charge in [0.25, 0.3) is 7.82 Å². The third kappa shape index (κ3) is 71.2. The molecule has 1 amide bonds. The van der Waals surface area contributed by atoms with Gasteiger partial charge in [-0.15, -0.1) is 0 Å². The van der Waals surface area contributed by atoms with Crippen molar-refractivity contribution in [2.75, 3.05) is 40.9 Å². The van der Waals surface area contributed by atoms with Crippen LogP contribution < -0.4 is 10.2 Å². The van der Waals surface area contributed by atoms with E-state index in [-0.39, 0.29) is 24.9 Å². The summed E-state index contributed by atoms with van der Waals surface area (Å²) in [5, 5.41) is 3.05. The zero-order valence-electron chi connectivity index (χ0n) is 61.2. The summed E-state index contributed by atoms with van der Waals surface area (Å²) >= 11 is 0. The lowest BCUT2D eigenvalue weighted by Gasteiger charge is -2.30. The summed E-state index contributed by atoms with van der Waals surface area (Å²) < 4.78 is 30.5. The molecule has 0 fully saturated rings. The fourth-order valence-corrected chi connectivity index (χ4v) is 11.9. The number of ether oxygens (including phenoxy) is 1. The lowest BCUT2D eigenvalue weighted by molar-refractivity contribution is -0.870. The molecule has 0 bridgehead atoms. The second-order valence-corrected chi connectivity index (χ2v) is 28.9. The molecule has 3 atom stereocenters. The van der Waals surface area contributed by atoms with E-state index in [1.54, 1.807) is 0 Å². The highest BCUT2D eigenvalue weighted by Gasteiger charge is 2.27. The van der Waals surface area contributed by atoms with E-state index in [4.69, 9.17) is 13.8 Å². The Hall–Kier alpha value is -3.07. The summed E-state index contributed by atoms with van der Waals surface area (Å²) in [7, 11) is 1.19. The molecule has 0 rings (SSSR count). The number of hydrogen-bond acceptors (Lipinski definition) is 7. The fraction of sp³-hybridized carbons (Fsp3) is 0.780. The van der Waals surface area contributed by atoms with E-state index in [2.05, 4.69) is 111 Å². The molecule has 0 aliphatic carbocycles. The molecule has 0 aromatic rings. The number of phosphoric acid groups is 1. The molecule has 1 N–H and O–H groups in total. The van der Waals surface area contributed by atoms with Crippen molar-refractivity contribution in [1.29, 1.82) is 0 Å². The van der Waals surface area contributed by atoms with Crippen LogP contribution in [0.25, 0.3) is 0 Å². The summed E-state index contributed by atoms with van der Waals surface area (Å²) in [4.78, 5) is 40.3. The van der Waals surface area contributed by atoms with Crippen molar-refractivity contribution in [2.45, 2.75) is 373 Å².